The summed E-state index contributed by atoms with van der Waals surface area (Å²) in [6.07, 6.45) is 5.33. The van der Waals surface area contributed by atoms with Crippen molar-refractivity contribution in [3.63, 3.8) is 0 Å². The first-order valence-electron chi connectivity index (χ1n) is 6.71. The van der Waals surface area contributed by atoms with Gasteiger partial charge < -0.3 is 5.32 Å². The van der Waals surface area contributed by atoms with E-state index in [0.29, 0.717) is 12.1 Å². The topological polar surface area (TPSA) is 24.9 Å². The molecule has 1 aliphatic carbocycles. The van der Waals surface area contributed by atoms with E-state index >= 15 is 0 Å². The van der Waals surface area contributed by atoms with E-state index in [9.17, 15) is 0 Å². The molecule has 0 bridgehead atoms. The molecule has 3 rings (SSSR count). The van der Waals surface area contributed by atoms with Crippen LogP contribution in [0.25, 0.3) is 0 Å². The van der Waals surface area contributed by atoms with E-state index in [-0.39, 0.29) is 0 Å². The Balaban J connectivity index is 1.79. The first-order valence-corrected chi connectivity index (χ1v) is 8.39. The molecule has 0 radical (unpaired) electrons. The number of aryl methyl sites for hydroxylation is 1. The van der Waals surface area contributed by atoms with Crippen LogP contribution in [0.5, 0.6) is 0 Å². The maximum Gasteiger partial charge on any atom is 0.109 e. The second-order valence-corrected chi connectivity index (χ2v) is 6.77. The molecule has 1 aliphatic rings. The number of aromatic nitrogens is 1. The molecule has 2 atom stereocenters. The monoisotopic (exact) mass is 336 g/mol. The van der Waals surface area contributed by atoms with Crippen LogP contribution in [0.15, 0.2) is 34.2 Å². The number of hydrogen-bond donors (Lipinski definition) is 1. The normalized spacial score (nSPS) is 19.4. The van der Waals surface area contributed by atoms with Gasteiger partial charge in [-0.05, 0) is 42.5 Å². The molecule has 2 aromatic rings. The maximum atomic E-state index is 4.45. The first kappa shape index (κ1) is 13.3. The van der Waals surface area contributed by atoms with Crippen LogP contribution < -0.4 is 5.32 Å². The average Bonchev–Trinajstić information content (AvgIpc) is 3.05. The molecule has 100 valence electrons. The second-order valence-electron chi connectivity index (χ2n) is 4.93. The number of hydrogen-bond acceptors (Lipinski definition) is 3. The molecule has 0 spiro atoms. The van der Waals surface area contributed by atoms with Crippen molar-refractivity contribution < 1.29 is 0 Å². The zero-order valence-corrected chi connectivity index (χ0v) is 13.3. The Morgan fingerprint density at radius 1 is 1.53 bits per heavy atom. The highest BCUT2D eigenvalue weighted by Gasteiger charge is 2.25. The van der Waals surface area contributed by atoms with Crippen molar-refractivity contribution in [3.8, 4) is 0 Å². The van der Waals surface area contributed by atoms with E-state index in [0.717, 1.165) is 6.42 Å². The van der Waals surface area contributed by atoms with Gasteiger partial charge in [-0.3, -0.25) is 0 Å². The van der Waals surface area contributed by atoms with Crippen molar-refractivity contribution in [1.82, 2.24) is 10.3 Å². The van der Waals surface area contributed by atoms with Crippen molar-refractivity contribution in [1.29, 1.82) is 0 Å². The molecule has 0 saturated carbocycles. The molecule has 4 heteroatoms. The number of nitrogens with zero attached hydrogens (tertiary/aromatic N) is 1. The molecule has 1 aromatic heterocycles. The van der Waals surface area contributed by atoms with Gasteiger partial charge in [-0.2, -0.15) is 0 Å². The van der Waals surface area contributed by atoms with Gasteiger partial charge in [0, 0.05) is 22.1 Å². The average molecular weight is 337 g/mol. The Kier molecular flexibility index (Phi) is 4.01. The summed E-state index contributed by atoms with van der Waals surface area (Å²) >= 11 is 5.29. The lowest BCUT2D eigenvalue weighted by Crippen LogP contribution is -2.24. The van der Waals surface area contributed by atoms with Crippen molar-refractivity contribution in [2.45, 2.75) is 38.3 Å². The van der Waals surface area contributed by atoms with Gasteiger partial charge in [-0.15, -0.1) is 11.3 Å². The number of halogens is 1. The second kappa shape index (κ2) is 5.73. The van der Waals surface area contributed by atoms with Crippen LogP contribution in [0.2, 0.25) is 0 Å². The Hall–Kier alpha value is -0.710. The van der Waals surface area contributed by atoms with Crippen LogP contribution in [0.1, 0.15) is 48.0 Å². The molecule has 2 unspecified atom stereocenters. The van der Waals surface area contributed by atoms with Crippen LogP contribution in [0.3, 0.4) is 0 Å². The van der Waals surface area contributed by atoms with E-state index in [1.807, 2.05) is 6.20 Å². The minimum absolute atomic E-state index is 0.375. The van der Waals surface area contributed by atoms with E-state index in [1.54, 1.807) is 11.3 Å². The molecule has 19 heavy (non-hydrogen) atoms. The SMILES string of the molecule is CCC(NC1CCc2cc(Br)ccc21)c1nccs1. The van der Waals surface area contributed by atoms with Gasteiger partial charge >= 0.3 is 0 Å². The summed E-state index contributed by atoms with van der Waals surface area (Å²) in [5, 5.41) is 7.03. The third kappa shape index (κ3) is 2.76. The lowest BCUT2D eigenvalue weighted by molar-refractivity contribution is 0.432. The van der Waals surface area contributed by atoms with Gasteiger partial charge in [-0.1, -0.05) is 28.9 Å². The highest BCUT2D eigenvalue weighted by molar-refractivity contribution is 9.10. The number of rotatable bonds is 4. The fourth-order valence-electron chi connectivity index (χ4n) is 2.77. The molecule has 0 amide bonds. The van der Waals surface area contributed by atoms with Crippen LogP contribution in [0, 0.1) is 0 Å². The fourth-order valence-corrected chi connectivity index (χ4v) is 3.96. The molecule has 0 aliphatic heterocycles. The molecule has 0 fully saturated rings. The van der Waals surface area contributed by atoms with Gasteiger partial charge in [0.15, 0.2) is 0 Å². The van der Waals surface area contributed by atoms with Crippen molar-refractivity contribution in [2.24, 2.45) is 0 Å². The lowest BCUT2D eigenvalue weighted by atomic mass is 10.1. The van der Waals surface area contributed by atoms with E-state index in [1.165, 1.54) is 33.4 Å². The summed E-state index contributed by atoms with van der Waals surface area (Å²) in [5.74, 6) is 0. The smallest absolute Gasteiger partial charge is 0.109 e. The Morgan fingerprint density at radius 3 is 3.16 bits per heavy atom. The van der Waals surface area contributed by atoms with Gasteiger partial charge in [-0.25, -0.2) is 4.98 Å². The van der Waals surface area contributed by atoms with Gasteiger partial charge in [0.25, 0.3) is 0 Å². The largest absolute Gasteiger partial charge is 0.301 e. The van der Waals surface area contributed by atoms with E-state index < -0.39 is 0 Å². The van der Waals surface area contributed by atoms with E-state index in [4.69, 9.17) is 0 Å². The Morgan fingerprint density at radius 2 is 2.42 bits per heavy atom. The van der Waals surface area contributed by atoms with Crippen LogP contribution in [-0.4, -0.2) is 4.98 Å². The highest BCUT2D eigenvalue weighted by atomic mass is 79.9. The number of benzene rings is 1. The zero-order chi connectivity index (χ0) is 13.2. The minimum Gasteiger partial charge on any atom is -0.301 e. The predicted molar refractivity (Wildman–Crippen MR) is 83.5 cm³/mol. The van der Waals surface area contributed by atoms with Crippen molar-refractivity contribution in [3.05, 3.63) is 50.4 Å². The molecular weight excluding hydrogens is 320 g/mol. The minimum atomic E-state index is 0.375. The Bertz CT molecular complexity index is 553. The van der Waals surface area contributed by atoms with E-state index in [2.05, 4.69) is 56.7 Å². The third-order valence-electron chi connectivity index (χ3n) is 3.74. The maximum absolute atomic E-state index is 4.45. The molecule has 2 nitrogen and oxygen atoms in total. The van der Waals surface area contributed by atoms with Gasteiger partial charge in [0.05, 0.1) is 6.04 Å². The highest BCUT2D eigenvalue weighted by Crippen LogP contribution is 2.35. The molecule has 1 N–H and O–H groups in total. The van der Waals surface area contributed by atoms with Crippen molar-refractivity contribution in [2.75, 3.05) is 0 Å². The standard InChI is InChI=1S/C15H17BrN2S/c1-2-13(15-17-7-8-19-15)18-14-6-3-10-9-11(16)4-5-12(10)14/h4-5,7-9,13-14,18H,2-3,6H2,1H3. The third-order valence-corrected chi connectivity index (χ3v) is 5.13. The summed E-state index contributed by atoms with van der Waals surface area (Å²) in [7, 11) is 0. The summed E-state index contributed by atoms with van der Waals surface area (Å²) in [5.41, 5.74) is 2.93. The predicted octanol–water partition coefficient (Wildman–Crippen LogP) is 4.63. The number of thiazole rings is 1. The summed E-state index contributed by atoms with van der Waals surface area (Å²) in [4.78, 5) is 4.45. The summed E-state index contributed by atoms with van der Waals surface area (Å²) in [6, 6.07) is 7.49. The summed E-state index contributed by atoms with van der Waals surface area (Å²) in [6.45, 7) is 2.22. The lowest BCUT2D eigenvalue weighted by Gasteiger charge is -2.21. The van der Waals surface area contributed by atoms with Crippen LogP contribution in [0.4, 0.5) is 0 Å². The zero-order valence-electron chi connectivity index (χ0n) is 10.9. The molecule has 1 heterocycles. The number of nitrogens with one attached hydrogen (secondary N) is 1. The molecule has 1 aromatic carbocycles. The fraction of sp³-hybridized carbons (Fsp3) is 0.400. The van der Waals surface area contributed by atoms with Crippen molar-refractivity contribution >= 4 is 27.3 Å². The Labute approximate surface area is 126 Å². The quantitative estimate of drug-likeness (QED) is 0.880. The van der Waals surface area contributed by atoms with Gasteiger partial charge in [0.1, 0.15) is 5.01 Å². The first-order chi connectivity index (χ1) is 9.28. The van der Waals surface area contributed by atoms with Crippen LogP contribution >= 0.6 is 27.3 Å². The molecule has 0 saturated heterocycles. The molecular formula is C15H17BrN2S. The number of fused-ring (bicyclic) bond motifs is 1. The summed E-state index contributed by atoms with van der Waals surface area (Å²) < 4.78 is 1.18. The van der Waals surface area contributed by atoms with Crippen LogP contribution in [-0.2, 0) is 6.42 Å². The van der Waals surface area contributed by atoms with Gasteiger partial charge in [0.2, 0.25) is 0 Å².